The summed E-state index contributed by atoms with van der Waals surface area (Å²) in [4.78, 5) is 29.9. The largest absolute Gasteiger partial charge is 0.489 e. The second-order valence-corrected chi connectivity index (χ2v) is 13.0. The molecule has 2 heterocycles. The van der Waals surface area contributed by atoms with Crippen molar-refractivity contribution in [3.8, 4) is 11.5 Å². The fourth-order valence-corrected chi connectivity index (χ4v) is 6.19. The fourth-order valence-electron chi connectivity index (χ4n) is 6.19. The predicted molar refractivity (Wildman–Crippen MR) is 186 cm³/mol. The molecule has 8 heteroatoms. The number of anilines is 1. The Labute approximate surface area is 281 Å². The van der Waals surface area contributed by atoms with Gasteiger partial charge in [0.05, 0.1) is 23.0 Å². The highest BCUT2D eigenvalue weighted by molar-refractivity contribution is 6.09. The number of ether oxygens (including phenoxy) is 3. The summed E-state index contributed by atoms with van der Waals surface area (Å²) in [5.74, 6) is 0.808. The van der Waals surface area contributed by atoms with Crippen molar-refractivity contribution in [1.82, 2.24) is 9.78 Å². The van der Waals surface area contributed by atoms with Crippen LogP contribution in [0.1, 0.15) is 77.2 Å². The SMILES string of the molecule is Cc1nn(C(=O)OC(C)(C)C)c(C)c1C1CCc2ccccc2N1C(=O)c1ccc(OCc2ccccc2)cc1OCc1ccccc1. The van der Waals surface area contributed by atoms with Gasteiger partial charge in [-0.05, 0) is 82.3 Å². The number of aryl methyl sites for hydroxylation is 2. The number of carbonyl (C=O) groups excluding carboxylic acids is 2. The van der Waals surface area contributed by atoms with E-state index in [0.29, 0.717) is 41.5 Å². The Bertz CT molecular complexity index is 1910. The first-order valence-corrected chi connectivity index (χ1v) is 16.3. The molecule has 0 aliphatic carbocycles. The Morgan fingerprint density at radius 2 is 1.44 bits per heavy atom. The normalized spacial score (nSPS) is 14.3. The molecule has 4 aromatic carbocycles. The van der Waals surface area contributed by atoms with E-state index in [0.717, 1.165) is 34.4 Å². The number of rotatable bonds is 8. The number of carbonyl (C=O) groups is 2. The summed E-state index contributed by atoms with van der Waals surface area (Å²) in [6, 6.07) is 32.8. The zero-order valence-corrected chi connectivity index (χ0v) is 28.1. The summed E-state index contributed by atoms with van der Waals surface area (Å²) in [7, 11) is 0. The summed E-state index contributed by atoms with van der Waals surface area (Å²) in [5.41, 5.74) is 5.80. The van der Waals surface area contributed by atoms with Gasteiger partial charge in [-0.1, -0.05) is 78.9 Å². The lowest BCUT2D eigenvalue weighted by Crippen LogP contribution is -2.39. The molecule has 0 spiro atoms. The Morgan fingerprint density at radius 3 is 2.10 bits per heavy atom. The van der Waals surface area contributed by atoms with Crippen molar-refractivity contribution in [2.24, 2.45) is 0 Å². The van der Waals surface area contributed by atoms with Crippen molar-refractivity contribution in [1.29, 1.82) is 0 Å². The number of benzene rings is 4. The van der Waals surface area contributed by atoms with Gasteiger partial charge >= 0.3 is 6.09 Å². The van der Waals surface area contributed by atoms with Crippen molar-refractivity contribution in [2.75, 3.05) is 4.90 Å². The lowest BCUT2D eigenvalue weighted by molar-refractivity contribution is 0.0510. The Balaban J connectivity index is 1.39. The summed E-state index contributed by atoms with van der Waals surface area (Å²) >= 11 is 0. The smallest absolute Gasteiger partial charge is 0.435 e. The number of hydrogen-bond acceptors (Lipinski definition) is 6. The van der Waals surface area contributed by atoms with E-state index in [1.165, 1.54) is 4.68 Å². The molecule has 0 saturated carbocycles. The number of aromatic nitrogens is 2. The maximum Gasteiger partial charge on any atom is 0.435 e. The molecule has 5 aromatic rings. The van der Waals surface area contributed by atoms with E-state index in [1.807, 2.05) is 124 Å². The lowest BCUT2D eigenvalue weighted by atomic mass is 9.89. The number of hydrogen-bond donors (Lipinski definition) is 0. The second-order valence-electron chi connectivity index (χ2n) is 13.0. The molecule has 1 aliphatic heterocycles. The van der Waals surface area contributed by atoms with Gasteiger partial charge in [0.1, 0.15) is 30.3 Å². The minimum atomic E-state index is -0.678. The van der Waals surface area contributed by atoms with E-state index in [9.17, 15) is 9.59 Å². The minimum Gasteiger partial charge on any atom is -0.489 e. The van der Waals surface area contributed by atoms with Gasteiger partial charge in [-0.25, -0.2) is 4.79 Å². The standard InChI is InChI=1S/C40H41N3O5/c1-27-37(28(2)43(41-27)39(45)48-40(3,4)5)35-23-20-31-18-12-13-19-34(31)42(35)38(44)33-22-21-32(46-25-29-14-8-6-9-15-29)24-36(33)47-26-30-16-10-7-11-17-30/h6-19,21-22,24,35H,20,23,25-26H2,1-5H3. The van der Waals surface area contributed by atoms with Gasteiger partial charge < -0.3 is 19.1 Å². The number of para-hydroxylation sites is 1. The molecule has 1 amide bonds. The van der Waals surface area contributed by atoms with Crippen LogP contribution in [0.2, 0.25) is 0 Å². The molecule has 8 nitrogen and oxygen atoms in total. The molecule has 0 N–H and O–H groups in total. The summed E-state index contributed by atoms with van der Waals surface area (Å²) in [6.07, 6.45) is 0.874. The summed E-state index contributed by atoms with van der Waals surface area (Å²) in [5, 5.41) is 4.59. The summed E-state index contributed by atoms with van der Waals surface area (Å²) in [6.45, 7) is 9.87. The number of nitrogens with zero attached hydrogens (tertiary/aromatic N) is 3. The molecule has 0 bridgehead atoms. The van der Waals surface area contributed by atoms with Crippen LogP contribution in [0, 0.1) is 13.8 Å². The number of fused-ring (bicyclic) bond motifs is 1. The molecule has 1 unspecified atom stereocenters. The molecule has 0 radical (unpaired) electrons. The quantitative estimate of drug-likeness (QED) is 0.168. The molecule has 246 valence electrons. The molecule has 1 aliphatic rings. The third-order valence-corrected chi connectivity index (χ3v) is 8.38. The van der Waals surface area contributed by atoms with E-state index in [-0.39, 0.29) is 18.6 Å². The first-order chi connectivity index (χ1) is 23.1. The molecule has 1 atom stereocenters. The predicted octanol–water partition coefficient (Wildman–Crippen LogP) is 8.78. The average Bonchev–Trinajstić information content (AvgIpc) is 3.39. The number of amides is 1. The van der Waals surface area contributed by atoms with Gasteiger partial charge in [0, 0.05) is 17.3 Å². The van der Waals surface area contributed by atoms with Crippen LogP contribution in [-0.4, -0.2) is 27.4 Å². The molecule has 1 aromatic heterocycles. The molecular formula is C40H41N3O5. The Hall–Kier alpha value is -5.37. The van der Waals surface area contributed by atoms with Gasteiger partial charge in [-0.2, -0.15) is 9.78 Å². The third-order valence-electron chi connectivity index (χ3n) is 8.38. The lowest BCUT2D eigenvalue weighted by Gasteiger charge is -2.38. The first-order valence-electron chi connectivity index (χ1n) is 16.3. The van der Waals surface area contributed by atoms with Crippen LogP contribution in [0.5, 0.6) is 11.5 Å². The molecular weight excluding hydrogens is 602 g/mol. The first kappa shape index (κ1) is 32.6. The van der Waals surface area contributed by atoms with Crippen LogP contribution in [0.25, 0.3) is 0 Å². The highest BCUT2D eigenvalue weighted by Crippen LogP contribution is 2.43. The van der Waals surface area contributed by atoms with E-state index in [1.54, 1.807) is 12.1 Å². The Morgan fingerprint density at radius 1 is 0.812 bits per heavy atom. The van der Waals surface area contributed by atoms with Gasteiger partial charge in [0.2, 0.25) is 0 Å². The topological polar surface area (TPSA) is 82.9 Å². The van der Waals surface area contributed by atoms with Crippen LogP contribution in [-0.2, 0) is 24.4 Å². The van der Waals surface area contributed by atoms with E-state index in [4.69, 9.17) is 14.2 Å². The third kappa shape index (κ3) is 7.13. The zero-order chi connectivity index (χ0) is 33.8. The van der Waals surface area contributed by atoms with Crippen LogP contribution in [0.15, 0.2) is 103 Å². The van der Waals surface area contributed by atoms with Gasteiger partial charge in [-0.3, -0.25) is 4.79 Å². The maximum atomic E-state index is 14.9. The van der Waals surface area contributed by atoms with Crippen LogP contribution in [0.4, 0.5) is 10.5 Å². The zero-order valence-electron chi connectivity index (χ0n) is 28.1. The minimum absolute atomic E-state index is 0.214. The molecule has 6 rings (SSSR count). The van der Waals surface area contributed by atoms with Crippen molar-refractivity contribution in [3.05, 3.63) is 142 Å². The van der Waals surface area contributed by atoms with Crippen molar-refractivity contribution in [2.45, 2.75) is 72.3 Å². The molecule has 48 heavy (non-hydrogen) atoms. The average molecular weight is 644 g/mol. The van der Waals surface area contributed by atoms with Crippen molar-refractivity contribution >= 4 is 17.7 Å². The van der Waals surface area contributed by atoms with E-state index < -0.39 is 11.7 Å². The van der Waals surface area contributed by atoms with Crippen molar-refractivity contribution in [3.63, 3.8) is 0 Å². The highest BCUT2D eigenvalue weighted by atomic mass is 16.6. The maximum absolute atomic E-state index is 14.9. The van der Waals surface area contributed by atoms with E-state index in [2.05, 4.69) is 11.2 Å². The fraction of sp³-hybridized carbons (Fsp3) is 0.275. The van der Waals surface area contributed by atoms with Crippen LogP contribution < -0.4 is 14.4 Å². The van der Waals surface area contributed by atoms with Gasteiger partial charge in [-0.15, -0.1) is 0 Å². The van der Waals surface area contributed by atoms with Crippen LogP contribution >= 0.6 is 0 Å². The van der Waals surface area contributed by atoms with Gasteiger partial charge in [0.15, 0.2) is 0 Å². The Kier molecular flexibility index (Phi) is 9.35. The monoisotopic (exact) mass is 643 g/mol. The second kappa shape index (κ2) is 13.8. The molecule has 0 saturated heterocycles. The highest BCUT2D eigenvalue weighted by Gasteiger charge is 2.37. The van der Waals surface area contributed by atoms with Gasteiger partial charge in [0.25, 0.3) is 5.91 Å². The van der Waals surface area contributed by atoms with Crippen molar-refractivity contribution < 1.29 is 23.8 Å². The van der Waals surface area contributed by atoms with Crippen LogP contribution in [0.3, 0.4) is 0 Å². The van der Waals surface area contributed by atoms with E-state index >= 15 is 0 Å². The molecule has 0 fully saturated rings. The summed E-state index contributed by atoms with van der Waals surface area (Å²) < 4.78 is 19.5.